The van der Waals surface area contributed by atoms with Crippen molar-refractivity contribution in [1.29, 1.82) is 0 Å². The van der Waals surface area contributed by atoms with Gasteiger partial charge in [-0.25, -0.2) is 4.90 Å². The summed E-state index contributed by atoms with van der Waals surface area (Å²) in [4.78, 5) is 39.7. The summed E-state index contributed by atoms with van der Waals surface area (Å²) in [5.74, 6) is -3.04. The van der Waals surface area contributed by atoms with Gasteiger partial charge in [-0.1, -0.05) is 72.8 Å². The standard InChI is InChI=1S/C39H36N2O8/c42-23-34-36(35(44)19-16-27(26-8-3-1-4-9-26)20-25-14-17-31(43)18-15-25)28(24-49-32-12-5-2-6-13-32)21-33-37(34)39(46)40(38(33)45)29-10-7-11-30(22-29)41(47)48/h1-15,17-18,20,22,33-35,37,42-44H,16,19,21,23-24H2/b27-20-/t33-,34+,35-,37-/m1/s1. The fourth-order valence-electron chi connectivity index (χ4n) is 6.95. The van der Waals surface area contributed by atoms with E-state index in [1.54, 1.807) is 36.4 Å². The molecule has 1 aliphatic carbocycles. The molecular formula is C39H36N2O8. The van der Waals surface area contributed by atoms with Crippen molar-refractivity contribution in [2.45, 2.75) is 25.4 Å². The molecule has 4 aromatic rings. The number of para-hydroxylation sites is 1. The van der Waals surface area contributed by atoms with E-state index in [0.717, 1.165) is 21.6 Å². The van der Waals surface area contributed by atoms with Crippen LogP contribution < -0.4 is 9.64 Å². The zero-order valence-corrected chi connectivity index (χ0v) is 26.6. The first-order chi connectivity index (χ1) is 23.7. The number of rotatable bonds is 12. The highest BCUT2D eigenvalue weighted by Gasteiger charge is 2.55. The Morgan fingerprint density at radius 1 is 0.939 bits per heavy atom. The van der Waals surface area contributed by atoms with Crippen molar-refractivity contribution in [3.05, 3.63) is 142 Å². The summed E-state index contributed by atoms with van der Waals surface area (Å²) in [6.07, 6.45) is 1.70. The number of anilines is 1. The van der Waals surface area contributed by atoms with Crippen LogP contribution in [0.2, 0.25) is 0 Å². The number of allylic oxidation sites excluding steroid dienone is 1. The first-order valence-electron chi connectivity index (χ1n) is 16.1. The molecule has 0 bridgehead atoms. The van der Waals surface area contributed by atoms with Crippen LogP contribution in [0.5, 0.6) is 11.5 Å². The van der Waals surface area contributed by atoms with Crippen molar-refractivity contribution in [1.82, 2.24) is 0 Å². The number of aliphatic hydroxyl groups excluding tert-OH is 2. The van der Waals surface area contributed by atoms with Crippen LogP contribution in [-0.4, -0.2) is 51.4 Å². The number of fused-ring (bicyclic) bond motifs is 1. The van der Waals surface area contributed by atoms with Crippen LogP contribution in [0.3, 0.4) is 0 Å². The summed E-state index contributed by atoms with van der Waals surface area (Å²) in [5, 5.41) is 44.0. The average molecular weight is 661 g/mol. The number of benzene rings is 4. The average Bonchev–Trinajstić information content (AvgIpc) is 3.38. The highest BCUT2D eigenvalue weighted by atomic mass is 16.6. The normalized spacial score (nSPS) is 19.9. The molecule has 2 amide bonds. The van der Waals surface area contributed by atoms with Crippen molar-refractivity contribution in [2.24, 2.45) is 17.8 Å². The largest absolute Gasteiger partial charge is 0.508 e. The lowest BCUT2D eigenvalue weighted by Crippen LogP contribution is -2.40. The Bertz CT molecular complexity index is 1890. The number of carbonyl (C=O) groups excluding carboxylic acids is 2. The van der Waals surface area contributed by atoms with Gasteiger partial charge in [0.15, 0.2) is 0 Å². The fourth-order valence-corrected chi connectivity index (χ4v) is 6.95. The number of ether oxygens (including phenoxy) is 1. The van der Waals surface area contributed by atoms with Crippen molar-refractivity contribution in [2.75, 3.05) is 18.1 Å². The van der Waals surface area contributed by atoms with E-state index in [2.05, 4.69) is 0 Å². The number of aliphatic hydroxyl groups is 2. The lowest BCUT2D eigenvalue weighted by atomic mass is 9.68. The molecule has 10 nitrogen and oxygen atoms in total. The third kappa shape index (κ3) is 7.15. The lowest BCUT2D eigenvalue weighted by molar-refractivity contribution is -0.384. The molecule has 2 aliphatic rings. The number of non-ortho nitro benzene ring substituents is 1. The number of nitro groups is 1. The van der Waals surface area contributed by atoms with Crippen molar-refractivity contribution >= 4 is 34.8 Å². The number of hydrogen-bond acceptors (Lipinski definition) is 8. The third-order valence-corrected chi connectivity index (χ3v) is 9.26. The van der Waals surface area contributed by atoms with E-state index in [4.69, 9.17) is 4.74 Å². The molecule has 250 valence electrons. The van der Waals surface area contributed by atoms with E-state index in [9.17, 15) is 35.0 Å². The molecule has 0 unspecified atom stereocenters. The smallest absolute Gasteiger partial charge is 0.271 e. The molecule has 1 saturated heterocycles. The molecule has 0 radical (unpaired) electrons. The predicted octanol–water partition coefficient (Wildman–Crippen LogP) is 6.18. The molecule has 0 aromatic heterocycles. The second-order valence-corrected chi connectivity index (χ2v) is 12.3. The maximum atomic E-state index is 14.0. The van der Waals surface area contributed by atoms with Crippen LogP contribution in [0.25, 0.3) is 11.6 Å². The van der Waals surface area contributed by atoms with Gasteiger partial charge < -0.3 is 20.1 Å². The second kappa shape index (κ2) is 14.7. The second-order valence-electron chi connectivity index (χ2n) is 12.3. The molecule has 6 rings (SSSR count). The van der Waals surface area contributed by atoms with E-state index >= 15 is 0 Å². The molecule has 1 aliphatic heterocycles. The highest BCUT2D eigenvalue weighted by molar-refractivity contribution is 6.22. The Morgan fingerprint density at radius 2 is 1.63 bits per heavy atom. The number of aromatic hydroxyl groups is 1. The van der Waals surface area contributed by atoms with E-state index in [1.807, 2.05) is 54.6 Å². The van der Waals surface area contributed by atoms with Crippen LogP contribution in [0, 0.1) is 27.9 Å². The quantitative estimate of drug-likeness (QED) is 0.0537. The number of nitrogens with zero attached hydrogens (tertiary/aromatic N) is 2. The Labute approximate surface area is 283 Å². The summed E-state index contributed by atoms with van der Waals surface area (Å²) in [5.41, 5.74) is 3.69. The number of amides is 2. The molecular weight excluding hydrogens is 624 g/mol. The Balaban J connectivity index is 1.34. The number of phenolic OH excluding ortho intramolecular Hbond substituents is 1. The van der Waals surface area contributed by atoms with Gasteiger partial charge in [0.2, 0.25) is 11.8 Å². The summed E-state index contributed by atoms with van der Waals surface area (Å²) < 4.78 is 6.10. The zero-order chi connectivity index (χ0) is 34.5. The van der Waals surface area contributed by atoms with Gasteiger partial charge in [0, 0.05) is 18.1 Å². The van der Waals surface area contributed by atoms with Gasteiger partial charge in [0.05, 0.1) is 35.2 Å². The summed E-state index contributed by atoms with van der Waals surface area (Å²) >= 11 is 0. The maximum Gasteiger partial charge on any atom is 0.271 e. The topological polar surface area (TPSA) is 150 Å². The van der Waals surface area contributed by atoms with Crippen molar-refractivity contribution < 1.29 is 34.6 Å². The Hall–Kier alpha value is -5.58. The number of phenols is 1. The van der Waals surface area contributed by atoms with Gasteiger partial charge in [0.1, 0.15) is 18.1 Å². The van der Waals surface area contributed by atoms with E-state index in [-0.39, 0.29) is 36.6 Å². The van der Waals surface area contributed by atoms with Crippen LogP contribution in [0.15, 0.2) is 120 Å². The first kappa shape index (κ1) is 33.3. The predicted molar refractivity (Wildman–Crippen MR) is 184 cm³/mol. The van der Waals surface area contributed by atoms with E-state index in [1.165, 1.54) is 24.3 Å². The monoisotopic (exact) mass is 660 g/mol. The van der Waals surface area contributed by atoms with Gasteiger partial charge in [-0.3, -0.25) is 19.7 Å². The van der Waals surface area contributed by atoms with Crippen LogP contribution in [0.1, 0.15) is 30.4 Å². The maximum absolute atomic E-state index is 14.0. The van der Waals surface area contributed by atoms with Gasteiger partial charge in [-0.05, 0) is 77.4 Å². The van der Waals surface area contributed by atoms with Gasteiger partial charge in [-0.15, -0.1) is 0 Å². The molecule has 1 fully saturated rings. The van der Waals surface area contributed by atoms with Crippen LogP contribution >= 0.6 is 0 Å². The van der Waals surface area contributed by atoms with Crippen LogP contribution in [0.4, 0.5) is 11.4 Å². The number of imide groups is 1. The van der Waals surface area contributed by atoms with E-state index in [0.29, 0.717) is 23.3 Å². The molecule has 10 heteroatoms. The van der Waals surface area contributed by atoms with Gasteiger partial charge in [-0.2, -0.15) is 0 Å². The SMILES string of the molecule is O=C1[C@@H]2[C@@H](CC(COc3ccccc3)=C([C@H](O)CC/C(=C/c3ccc(O)cc3)c3ccccc3)[C@@H]2CO)C(=O)N1c1cccc([N+](=O)[O-])c1. The molecule has 3 N–H and O–H groups in total. The number of carbonyl (C=O) groups is 2. The number of hydrogen-bond donors (Lipinski definition) is 3. The molecule has 49 heavy (non-hydrogen) atoms. The minimum absolute atomic E-state index is 0.0310. The summed E-state index contributed by atoms with van der Waals surface area (Å²) in [6.45, 7) is -0.470. The number of nitro benzene ring substituents is 1. The fraction of sp³-hybridized carbons (Fsp3) is 0.231. The minimum atomic E-state index is -1.09. The van der Waals surface area contributed by atoms with E-state index < -0.39 is 47.2 Å². The Kier molecular flexibility index (Phi) is 9.98. The van der Waals surface area contributed by atoms with Gasteiger partial charge >= 0.3 is 0 Å². The molecule has 0 saturated carbocycles. The third-order valence-electron chi connectivity index (χ3n) is 9.26. The lowest BCUT2D eigenvalue weighted by Gasteiger charge is -2.36. The molecule has 0 spiro atoms. The summed E-state index contributed by atoms with van der Waals surface area (Å²) in [6, 6.07) is 31.0. The first-order valence-corrected chi connectivity index (χ1v) is 16.1. The molecule has 4 aromatic carbocycles. The highest BCUT2D eigenvalue weighted by Crippen LogP contribution is 2.47. The Morgan fingerprint density at radius 3 is 2.31 bits per heavy atom. The van der Waals surface area contributed by atoms with Crippen LogP contribution in [-0.2, 0) is 9.59 Å². The minimum Gasteiger partial charge on any atom is -0.508 e. The summed E-state index contributed by atoms with van der Waals surface area (Å²) in [7, 11) is 0. The van der Waals surface area contributed by atoms with Crippen molar-refractivity contribution in [3.8, 4) is 11.5 Å². The van der Waals surface area contributed by atoms with Crippen molar-refractivity contribution in [3.63, 3.8) is 0 Å². The molecule has 4 atom stereocenters. The zero-order valence-electron chi connectivity index (χ0n) is 26.6. The van der Waals surface area contributed by atoms with Gasteiger partial charge in [0.25, 0.3) is 5.69 Å². The molecule has 1 heterocycles.